The molecule has 0 unspecified atom stereocenters. The highest BCUT2D eigenvalue weighted by Crippen LogP contribution is 2.22. The lowest BCUT2D eigenvalue weighted by Gasteiger charge is -2.37. The van der Waals surface area contributed by atoms with Gasteiger partial charge < -0.3 is 14.8 Å². The molecule has 0 saturated carbocycles. The van der Waals surface area contributed by atoms with Gasteiger partial charge in [0.25, 0.3) is 5.91 Å². The summed E-state index contributed by atoms with van der Waals surface area (Å²) >= 11 is 0. The van der Waals surface area contributed by atoms with Crippen molar-refractivity contribution in [1.82, 2.24) is 14.8 Å². The van der Waals surface area contributed by atoms with Crippen LogP contribution in [0.2, 0.25) is 0 Å². The Balaban J connectivity index is 1.70. The smallest absolute Gasteiger partial charge is 0.256 e. The number of aromatic amines is 1. The number of amides is 2. The summed E-state index contributed by atoms with van der Waals surface area (Å²) in [5.41, 5.74) is 1.30. The molecule has 2 heterocycles. The number of aromatic nitrogens is 1. The van der Waals surface area contributed by atoms with Gasteiger partial charge in [-0.25, -0.2) is 0 Å². The van der Waals surface area contributed by atoms with Crippen LogP contribution < -0.4 is 0 Å². The first-order chi connectivity index (χ1) is 10.9. The van der Waals surface area contributed by atoms with Crippen LogP contribution in [-0.4, -0.2) is 52.8 Å². The topological polar surface area (TPSA) is 56.4 Å². The standard InChI is InChI=1S/C18H23N3O2/c1-18(2,3)17(23)21-10-8-20(9-11-21)16(22)14-12-19-15-7-5-4-6-13(14)15/h4-7,12,19H,8-11H2,1-3H3. The molecule has 2 aromatic rings. The molecule has 1 aliphatic rings. The molecule has 0 atom stereocenters. The molecule has 2 amide bonds. The van der Waals surface area contributed by atoms with Crippen LogP contribution in [0.4, 0.5) is 0 Å². The van der Waals surface area contributed by atoms with Crippen molar-refractivity contribution in [3.8, 4) is 0 Å². The van der Waals surface area contributed by atoms with Crippen molar-refractivity contribution >= 4 is 22.7 Å². The summed E-state index contributed by atoms with van der Waals surface area (Å²) in [7, 11) is 0. The van der Waals surface area contributed by atoms with Gasteiger partial charge in [-0.2, -0.15) is 0 Å². The highest BCUT2D eigenvalue weighted by Gasteiger charge is 2.31. The molecule has 0 bridgehead atoms. The van der Waals surface area contributed by atoms with Gasteiger partial charge in [-0.3, -0.25) is 9.59 Å². The van der Waals surface area contributed by atoms with Crippen molar-refractivity contribution in [1.29, 1.82) is 0 Å². The van der Waals surface area contributed by atoms with Crippen LogP contribution in [-0.2, 0) is 4.79 Å². The molecule has 122 valence electrons. The van der Waals surface area contributed by atoms with E-state index in [2.05, 4.69) is 4.98 Å². The first-order valence-electron chi connectivity index (χ1n) is 8.03. The number of H-pyrrole nitrogens is 1. The minimum atomic E-state index is -0.372. The van der Waals surface area contributed by atoms with Crippen LogP contribution in [0.5, 0.6) is 0 Å². The van der Waals surface area contributed by atoms with E-state index in [0.29, 0.717) is 31.7 Å². The van der Waals surface area contributed by atoms with Gasteiger partial charge in [0.1, 0.15) is 0 Å². The van der Waals surface area contributed by atoms with Gasteiger partial charge in [0.05, 0.1) is 5.56 Å². The number of nitrogens with zero attached hydrogens (tertiary/aromatic N) is 2. The summed E-state index contributed by atoms with van der Waals surface area (Å²) in [5.74, 6) is 0.182. The molecular weight excluding hydrogens is 290 g/mol. The maximum atomic E-state index is 12.8. The second-order valence-electron chi connectivity index (χ2n) is 7.08. The van der Waals surface area contributed by atoms with Crippen molar-refractivity contribution in [2.24, 2.45) is 5.41 Å². The summed E-state index contributed by atoms with van der Waals surface area (Å²) in [6.45, 7) is 8.16. The average Bonchev–Trinajstić information content (AvgIpc) is 2.97. The molecule has 1 aromatic heterocycles. The fourth-order valence-corrected chi connectivity index (χ4v) is 3.01. The number of rotatable bonds is 1. The van der Waals surface area contributed by atoms with Gasteiger partial charge in [-0.15, -0.1) is 0 Å². The summed E-state index contributed by atoms with van der Waals surface area (Å²) in [5, 5.41) is 0.950. The lowest BCUT2D eigenvalue weighted by molar-refractivity contribution is -0.140. The Labute approximate surface area is 136 Å². The Kier molecular flexibility index (Phi) is 3.88. The second kappa shape index (κ2) is 5.72. The molecule has 1 fully saturated rings. The number of para-hydroxylation sites is 1. The zero-order chi connectivity index (χ0) is 16.6. The molecule has 0 radical (unpaired) electrons. The molecule has 23 heavy (non-hydrogen) atoms. The SMILES string of the molecule is CC(C)(C)C(=O)N1CCN(C(=O)c2c[nH]c3ccccc23)CC1. The zero-order valence-corrected chi connectivity index (χ0v) is 13.9. The molecule has 1 saturated heterocycles. The average molecular weight is 313 g/mol. The lowest BCUT2D eigenvalue weighted by atomic mass is 9.94. The van der Waals surface area contributed by atoms with E-state index in [0.717, 1.165) is 10.9 Å². The van der Waals surface area contributed by atoms with E-state index in [4.69, 9.17) is 0 Å². The van der Waals surface area contributed by atoms with Crippen LogP contribution in [0.25, 0.3) is 10.9 Å². The summed E-state index contributed by atoms with van der Waals surface area (Å²) in [6, 6.07) is 7.81. The van der Waals surface area contributed by atoms with E-state index in [-0.39, 0.29) is 17.2 Å². The maximum Gasteiger partial charge on any atom is 0.256 e. The fraction of sp³-hybridized carbons (Fsp3) is 0.444. The quantitative estimate of drug-likeness (QED) is 0.879. The largest absolute Gasteiger partial charge is 0.360 e. The lowest BCUT2D eigenvalue weighted by Crippen LogP contribution is -2.53. The van der Waals surface area contributed by atoms with E-state index in [1.165, 1.54) is 0 Å². The Morgan fingerprint density at radius 3 is 2.26 bits per heavy atom. The predicted molar refractivity (Wildman–Crippen MR) is 90.2 cm³/mol. The highest BCUT2D eigenvalue weighted by atomic mass is 16.2. The van der Waals surface area contributed by atoms with Crippen molar-refractivity contribution < 1.29 is 9.59 Å². The Morgan fingerprint density at radius 2 is 1.61 bits per heavy atom. The minimum Gasteiger partial charge on any atom is -0.360 e. The van der Waals surface area contributed by atoms with Crippen LogP contribution in [0.3, 0.4) is 0 Å². The van der Waals surface area contributed by atoms with E-state index in [9.17, 15) is 9.59 Å². The summed E-state index contributed by atoms with van der Waals surface area (Å²) < 4.78 is 0. The molecule has 1 N–H and O–H groups in total. The van der Waals surface area contributed by atoms with Crippen molar-refractivity contribution in [3.63, 3.8) is 0 Å². The number of carbonyl (C=O) groups is 2. The number of nitrogens with one attached hydrogen (secondary N) is 1. The van der Waals surface area contributed by atoms with Crippen LogP contribution in [0, 0.1) is 5.41 Å². The van der Waals surface area contributed by atoms with Crippen molar-refractivity contribution in [2.45, 2.75) is 20.8 Å². The van der Waals surface area contributed by atoms with Gasteiger partial charge in [0, 0.05) is 48.7 Å². The third-order valence-electron chi connectivity index (χ3n) is 4.32. The van der Waals surface area contributed by atoms with E-state index in [1.807, 2.05) is 54.8 Å². The Bertz CT molecular complexity index is 734. The Morgan fingerprint density at radius 1 is 1.00 bits per heavy atom. The molecule has 5 nitrogen and oxygen atoms in total. The van der Waals surface area contributed by atoms with Gasteiger partial charge in [0.2, 0.25) is 5.91 Å². The fourth-order valence-electron chi connectivity index (χ4n) is 3.01. The van der Waals surface area contributed by atoms with E-state index in [1.54, 1.807) is 6.20 Å². The normalized spacial score (nSPS) is 16.0. The zero-order valence-electron chi connectivity index (χ0n) is 13.9. The first kappa shape index (κ1) is 15.6. The predicted octanol–water partition coefficient (Wildman–Crippen LogP) is 2.50. The van der Waals surface area contributed by atoms with E-state index >= 15 is 0 Å². The third kappa shape index (κ3) is 2.96. The van der Waals surface area contributed by atoms with Gasteiger partial charge in [0.15, 0.2) is 0 Å². The molecule has 0 aliphatic carbocycles. The number of hydrogen-bond donors (Lipinski definition) is 1. The second-order valence-corrected chi connectivity index (χ2v) is 7.08. The molecule has 1 aromatic carbocycles. The van der Waals surface area contributed by atoms with Crippen molar-refractivity contribution in [3.05, 3.63) is 36.0 Å². The number of carbonyl (C=O) groups excluding carboxylic acids is 2. The highest BCUT2D eigenvalue weighted by molar-refractivity contribution is 6.06. The number of benzene rings is 1. The molecule has 5 heteroatoms. The Hall–Kier alpha value is -2.30. The van der Waals surface area contributed by atoms with Gasteiger partial charge in [-0.05, 0) is 6.07 Å². The third-order valence-corrected chi connectivity index (χ3v) is 4.32. The first-order valence-corrected chi connectivity index (χ1v) is 8.03. The summed E-state index contributed by atoms with van der Waals surface area (Å²) in [6.07, 6.45) is 1.78. The number of piperazine rings is 1. The number of hydrogen-bond acceptors (Lipinski definition) is 2. The number of fused-ring (bicyclic) bond motifs is 1. The van der Waals surface area contributed by atoms with Crippen LogP contribution in [0.1, 0.15) is 31.1 Å². The van der Waals surface area contributed by atoms with Crippen molar-refractivity contribution in [2.75, 3.05) is 26.2 Å². The van der Waals surface area contributed by atoms with E-state index < -0.39 is 0 Å². The monoisotopic (exact) mass is 313 g/mol. The van der Waals surface area contributed by atoms with Crippen LogP contribution in [0.15, 0.2) is 30.5 Å². The van der Waals surface area contributed by atoms with Crippen LogP contribution >= 0.6 is 0 Å². The van der Waals surface area contributed by atoms with Gasteiger partial charge >= 0.3 is 0 Å². The molecule has 1 aliphatic heterocycles. The van der Waals surface area contributed by atoms with Gasteiger partial charge in [-0.1, -0.05) is 39.0 Å². The minimum absolute atomic E-state index is 0.0327. The maximum absolute atomic E-state index is 12.8. The molecular formula is C18H23N3O2. The summed E-state index contributed by atoms with van der Waals surface area (Å²) in [4.78, 5) is 31.9. The molecule has 0 spiro atoms. The molecule has 3 rings (SSSR count).